The highest BCUT2D eigenvalue weighted by atomic mass is 35.5. The molecule has 2 saturated heterocycles. The van der Waals surface area contributed by atoms with Crippen LogP contribution < -0.4 is 20.8 Å². The number of ether oxygens (including phenoxy) is 2. The Morgan fingerprint density at radius 2 is 1.89 bits per heavy atom. The van der Waals surface area contributed by atoms with Gasteiger partial charge in [-0.05, 0) is 24.1 Å². The minimum Gasteiger partial charge on any atom is -0.495 e. The average molecular weight is 648 g/mol. The van der Waals surface area contributed by atoms with Gasteiger partial charge in [0, 0.05) is 44.0 Å². The Labute approximate surface area is 261 Å². The number of hydrogen-bond acceptors (Lipinski definition) is 8. The SMILES string of the molecule is COc1cc(Oc2ncn(C[C@@]3(O)CCN(C(=O)[C@@H]4CCN(C(=O)O)C[C@H]4c4ccccc4)CC3(F)F)c(=O)c2N)ccc1Cl. The van der Waals surface area contributed by atoms with Crippen LogP contribution in [0.25, 0.3) is 0 Å². The van der Waals surface area contributed by atoms with Crippen molar-refractivity contribution < 1.29 is 38.1 Å². The summed E-state index contributed by atoms with van der Waals surface area (Å²) in [5.41, 5.74) is 2.61. The van der Waals surface area contributed by atoms with Crippen LogP contribution in [-0.4, -0.2) is 86.4 Å². The number of nitrogens with zero attached hydrogens (tertiary/aromatic N) is 4. The molecule has 2 aromatic carbocycles. The summed E-state index contributed by atoms with van der Waals surface area (Å²) in [4.78, 5) is 44.5. The number of nitrogens with two attached hydrogens (primary N) is 1. The molecular formula is C30H32ClF2N5O7. The molecule has 0 spiro atoms. The number of aromatic nitrogens is 2. The molecule has 2 amide bonds. The first-order valence-electron chi connectivity index (χ1n) is 14.1. The van der Waals surface area contributed by atoms with Gasteiger partial charge < -0.3 is 35.2 Å². The molecular weight excluding hydrogens is 616 g/mol. The number of carboxylic acid groups (broad SMARTS) is 1. The summed E-state index contributed by atoms with van der Waals surface area (Å²) in [7, 11) is 1.41. The van der Waals surface area contributed by atoms with Gasteiger partial charge in [-0.2, -0.15) is 0 Å². The van der Waals surface area contributed by atoms with Crippen LogP contribution >= 0.6 is 11.6 Å². The van der Waals surface area contributed by atoms with Crippen molar-refractivity contribution in [3.05, 3.63) is 75.8 Å². The Balaban J connectivity index is 1.31. The highest BCUT2D eigenvalue weighted by Gasteiger charge is 2.58. The molecule has 1 aromatic heterocycles. The molecule has 12 nitrogen and oxygen atoms in total. The zero-order valence-corrected chi connectivity index (χ0v) is 25.0. The molecule has 2 fully saturated rings. The van der Waals surface area contributed by atoms with E-state index < -0.39 is 66.1 Å². The molecule has 4 N–H and O–H groups in total. The number of methoxy groups -OCH3 is 1. The lowest BCUT2D eigenvalue weighted by Gasteiger charge is -2.46. The van der Waals surface area contributed by atoms with Crippen molar-refractivity contribution in [1.82, 2.24) is 19.4 Å². The van der Waals surface area contributed by atoms with Crippen LogP contribution in [0.4, 0.5) is 19.3 Å². The Morgan fingerprint density at radius 1 is 1.16 bits per heavy atom. The van der Waals surface area contributed by atoms with E-state index in [-0.39, 0.29) is 37.7 Å². The van der Waals surface area contributed by atoms with E-state index in [4.69, 9.17) is 26.8 Å². The third kappa shape index (κ3) is 6.38. The number of anilines is 1. The van der Waals surface area contributed by atoms with E-state index in [2.05, 4.69) is 4.98 Å². The summed E-state index contributed by atoms with van der Waals surface area (Å²) >= 11 is 6.02. The number of aliphatic hydroxyl groups is 1. The number of alkyl halides is 2. The Morgan fingerprint density at radius 3 is 2.56 bits per heavy atom. The number of piperidine rings is 2. The monoisotopic (exact) mass is 647 g/mol. The van der Waals surface area contributed by atoms with Crippen molar-refractivity contribution in [2.75, 3.05) is 39.0 Å². The number of carbonyl (C=O) groups is 2. The lowest BCUT2D eigenvalue weighted by molar-refractivity contribution is -0.223. The first-order chi connectivity index (χ1) is 21.3. The molecule has 15 heteroatoms. The third-order valence-electron chi connectivity index (χ3n) is 8.41. The maximum atomic E-state index is 15.7. The fourth-order valence-electron chi connectivity index (χ4n) is 5.83. The van der Waals surface area contributed by atoms with Crippen molar-refractivity contribution in [3.8, 4) is 17.4 Å². The summed E-state index contributed by atoms with van der Waals surface area (Å²) in [5.74, 6) is -5.38. The zero-order valence-electron chi connectivity index (χ0n) is 24.2. The standard InChI is InChI=1S/C30H32ClF2N5O7/c1-44-23-13-19(7-8-22(23)31)45-25-24(34)27(40)38(17-35-25)15-29(43)10-12-37(16-30(29,32)33)26(39)20-9-11-36(28(41)42)14-21(20)18-5-3-2-4-6-18/h2-8,13,17,20-21,43H,9-12,14-16,34H2,1H3,(H,41,42)/t20-,21+,29+/m1/s1. The summed E-state index contributed by atoms with van der Waals surface area (Å²) in [5, 5.41) is 21.0. The molecule has 2 aliphatic rings. The van der Waals surface area contributed by atoms with E-state index >= 15 is 8.78 Å². The number of halogens is 3. The van der Waals surface area contributed by atoms with Gasteiger partial charge in [0.25, 0.3) is 11.5 Å². The fourth-order valence-corrected chi connectivity index (χ4v) is 6.02. The molecule has 45 heavy (non-hydrogen) atoms. The van der Waals surface area contributed by atoms with Gasteiger partial charge in [0.1, 0.15) is 23.4 Å². The second-order valence-electron chi connectivity index (χ2n) is 11.2. The number of likely N-dealkylation sites (tertiary alicyclic amines) is 2. The Hall–Kier alpha value is -4.43. The predicted octanol–water partition coefficient (Wildman–Crippen LogP) is 3.66. The van der Waals surface area contributed by atoms with E-state index in [0.29, 0.717) is 10.8 Å². The number of nitrogen functional groups attached to an aromatic ring is 1. The molecule has 0 radical (unpaired) electrons. The number of rotatable bonds is 7. The van der Waals surface area contributed by atoms with Crippen LogP contribution in [-0.2, 0) is 11.3 Å². The Kier molecular flexibility index (Phi) is 8.90. The summed E-state index contributed by atoms with van der Waals surface area (Å²) in [6, 6.07) is 13.3. The minimum atomic E-state index is -3.81. The van der Waals surface area contributed by atoms with Crippen LogP contribution in [0.2, 0.25) is 5.02 Å². The smallest absolute Gasteiger partial charge is 0.407 e. The van der Waals surface area contributed by atoms with Gasteiger partial charge in [0.2, 0.25) is 11.8 Å². The number of amides is 2. The number of hydrogen-bond donors (Lipinski definition) is 3. The molecule has 3 aromatic rings. The van der Waals surface area contributed by atoms with E-state index in [1.165, 1.54) is 30.2 Å². The highest BCUT2D eigenvalue weighted by Crippen LogP contribution is 2.41. The fraction of sp³-hybridized carbons (Fsp3) is 0.400. The molecule has 0 bridgehead atoms. The molecule has 0 unspecified atom stereocenters. The second-order valence-corrected chi connectivity index (χ2v) is 11.6. The van der Waals surface area contributed by atoms with E-state index in [9.17, 15) is 24.6 Å². The van der Waals surface area contributed by atoms with Gasteiger partial charge in [0.05, 0.1) is 25.2 Å². The van der Waals surface area contributed by atoms with Crippen LogP contribution in [0, 0.1) is 5.92 Å². The normalized spacial score (nSPS) is 23.0. The third-order valence-corrected chi connectivity index (χ3v) is 8.72. The molecule has 0 saturated carbocycles. The molecule has 0 aliphatic carbocycles. The quantitative estimate of drug-likeness (QED) is 0.348. The van der Waals surface area contributed by atoms with Crippen molar-refractivity contribution in [3.63, 3.8) is 0 Å². The van der Waals surface area contributed by atoms with Crippen molar-refractivity contribution >= 4 is 29.3 Å². The minimum absolute atomic E-state index is 0.0481. The lowest BCUT2D eigenvalue weighted by atomic mass is 9.79. The van der Waals surface area contributed by atoms with Gasteiger partial charge in [-0.1, -0.05) is 41.9 Å². The molecule has 2 aliphatic heterocycles. The molecule has 3 heterocycles. The zero-order chi connectivity index (χ0) is 32.5. The highest BCUT2D eigenvalue weighted by molar-refractivity contribution is 6.32. The van der Waals surface area contributed by atoms with Gasteiger partial charge in [-0.15, -0.1) is 0 Å². The van der Waals surface area contributed by atoms with Gasteiger partial charge in [-0.25, -0.2) is 18.6 Å². The second kappa shape index (κ2) is 12.5. The van der Waals surface area contributed by atoms with Gasteiger partial charge >= 0.3 is 6.09 Å². The van der Waals surface area contributed by atoms with Crippen LogP contribution in [0.15, 0.2) is 59.7 Å². The first kappa shape index (κ1) is 32.0. The van der Waals surface area contributed by atoms with Gasteiger partial charge in [-0.3, -0.25) is 14.2 Å². The van der Waals surface area contributed by atoms with E-state index in [1.54, 1.807) is 30.3 Å². The first-order valence-corrected chi connectivity index (χ1v) is 14.5. The van der Waals surface area contributed by atoms with Crippen molar-refractivity contribution in [1.29, 1.82) is 0 Å². The maximum Gasteiger partial charge on any atom is 0.407 e. The van der Waals surface area contributed by atoms with E-state index in [1.807, 2.05) is 0 Å². The average Bonchev–Trinajstić information content (AvgIpc) is 3.02. The van der Waals surface area contributed by atoms with Gasteiger partial charge in [0.15, 0.2) is 5.69 Å². The maximum absolute atomic E-state index is 15.7. The van der Waals surface area contributed by atoms with Crippen LogP contribution in [0.1, 0.15) is 24.3 Å². The topological polar surface area (TPSA) is 160 Å². The number of carbonyl (C=O) groups excluding carboxylic acids is 1. The largest absolute Gasteiger partial charge is 0.495 e. The Bertz CT molecular complexity index is 1640. The number of benzene rings is 2. The van der Waals surface area contributed by atoms with Crippen LogP contribution in [0.5, 0.6) is 17.4 Å². The van der Waals surface area contributed by atoms with Crippen molar-refractivity contribution in [2.24, 2.45) is 5.92 Å². The summed E-state index contributed by atoms with van der Waals surface area (Å²) in [6.45, 7) is -1.99. The van der Waals surface area contributed by atoms with E-state index in [0.717, 1.165) is 21.4 Å². The van der Waals surface area contributed by atoms with Crippen molar-refractivity contribution in [2.45, 2.75) is 36.8 Å². The predicted molar refractivity (Wildman–Crippen MR) is 159 cm³/mol. The molecule has 3 atom stereocenters. The summed E-state index contributed by atoms with van der Waals surface area (Å²) < 4.78 is 42.8. The molecule has 240 valence electrons. The summed E-state index contributed by atoms with van der Waals surface area (Å²) in [6.07, 6.45) is -0.543. The molecule has 5 rings (SSSR count). The lowest BCUT2D eigenvalue weighted by Crippen LogP contribution is -2.64. The van der Waals surface area contributed by atoms with Crippen LogP contribution in [0.3, 0.4) is 0 Å².